The molecular weight excluding hydrogens is 382 g/mol. The van der Waals surface area contributed by atoms with Crippen LogP contribution in [0.2, 0.25) is 0 Å². The van der Waals surface area contributed by atoms with Crippen LogP contribution in [0.4, 0.5) is 10.5 Å². The molecule has 0 aliphatic carbocycles. The van der Waals surface area contributed by atoms with E-state index in [1.54, 1.807) is 54.3 Å². The van der Waals surface area contributed by atoms with Crippen molar-refractivity contribution in [3.63, 3.8) is 0 Å². The highest BCUT2D eigenvalue weighted by Gasteiger charge is 2.38. The number of ether oxygens (including phenoxy) is 1. The van der Waals surface area contributed by atoms with Gasteiger partial charge in [0.05, 0.1) is 18.0 Å². The van der Waals surface area contributed by atoms with Gasteiger partial charge in [-0.2, -0.15) is 0 Å². The van der Waals surface area contributed by atoms with Crippen LogP contribution >= 0.6 is 23.1 Å². The molecule has 8 heteroatoms. The molecule has 144 valence electrons. The van der Waals surface area contributed by atoms with Crippen LogP contribution in [0, 0.1) is 0 Å². The highest BCUT2D eigenvalue weighted by atomic mass is 32.2. The first kappa shape index (κ1) is 19.6. The Morgan fingerprint density at radius 2 is 2.07 bits per heavy atom. The van der Waals surface area contributed by atoms with Gasteiger partial charge in [0.25, 0.3) is 0 Å². The van der Waals surface area contributed by atoms with E-state index in [9.17, 15) is 9.59 Å². The molecule has 1 aliphatic rings. The smallest absolute Gasteiger partial charge is 0.321 e. The van der Waals surface area contributed by atoms with Gasteiger partial charge in [-0.1, -0.05) is 18.2 Å². The van der Waals surface area contributed by atoms with Gasteiger partial charge in [0.2, 0.25) is 5.91 Å². The molecule has 0 radical (unpaired) electrons. The van der Waals surface area contributed by atoms with Crippen LogP contribution in [0.25, 0.3) is 0 Å². The highest BCUT2D eigenvalue weighted by Crippen LogP contribution is 2.44. The molecule has 1 aliphatic heterocycles. The number of methoxy groups -OCH3 is 1. The maximum atomic E-state index is 12.5. The number of nitrogens with one attached hydrogen (secondary N) is 1. The van der Waals surface area contributed by atoms with Gasteiger partial charge in [0, 0.05) is 25.0 Å². The van der Waals surface area contributed by atoms with Crippen LogP contribution in [0.5, 0.6) is 5.75 Å². The minimum atomic E-state index is -0.237. The van der Waals surface area contributed by atoms with Gasteiger partial charge >= 0.3 is 6.03 Å². The summed E-state index contributed by atoms with van der Waals surface area (Å²) >= 11 is 3.31. The van der Waals surface area contributed by atoms with Crippen molar-refractivity contribution in [1.82, 2.24) is 9.80 Å². The number of rotatable bonds is 6. The monoisotopic (exact) mass is 405 g/mol. The Kier molecular flexibility index (Phi) is 6.28. The summed E-state index contributed by atoms with van der Waals surface area (Å²) in [6.07, 6.45) is 0. The van der Waals surface area contributed by atoms with Crippen LogP contribution in [0.15, 0.2) is 41.8 Å². The molecule has 2 aromatic rings. The Morgan fingerprint density at radius 3 is 2.78 bits per heavy atom. The molecule has 27 heavy (non-hydrogen) atoms. The van der Waals surface area contributed by atoms with Gasteiger partial charge in [-0.05, 0) is 30.5 Å². The van der Waals surface area contributed by atoms with Gasteiger partial charge in [-0.15, -0.1) is 23.1 Å². The predicted molar refractivity (Wildman–Crippen MR) is 110 cm³/mol. The second-order valence-electron chi connectivity index (χ2n) is 6.23. The normalized spacial score (nSPS) is 19.2. The number of anilines is 1. The summed E-state index contributed by atoms with van der Waals surface area (Å²) in [5.74, 6) is 0.730. The molecule has 1 aromatic heterocycles. The van der Waals surface area contributed by atoms with E-state index in [2.05, 4.69) is 11.4 Å². The number of benzene rings is 1. The van der Waals surface area contributed by atoms with E-state index in [0.717, 1.165) is 0 Å². The topological polar surface area (TPSA) is 61.9 Å². The molecule has 1 saturated heterocycles. The second kappa shape index (κ2) is 8.67. The zero-order chi connectivity index (χ0) is 19.4. The maximum Gasteiger partial charge on any atom is 0.321 e. The number of amides is 3. The lowest BCUT2D eigenvalue weighted by Gasteiger charge is -2.26. The summed E-state index contributed by atoms with van der Waals surface area (Å²) in [7, 11) is 3.29. The van der Waals surface area contributed by atoms with E-state index >= 15 is 0 Å². The van der Waals surface area contributed by atoms with E-state index in [0.29, 0.717) is 24.5 Å². The first-order valence-corrected chi connectivity index (χ1v) is 10.5. The zero-order valence-electron chi connectivity index (χ0n) is 15.5. The number of carbonyl (C=O) groups excluding carboxylic acids is 2. The molecule has 1 aromatic carbocycles. The fraction of sp³-hybridized carbons (Fsp3) is 0.368. The average molecular weight is 406 g/mol. The third-order valence-electron chi connectivity index (χ3n) is 4.41. The van der Waals surface area contributed by atoms with Crippen LogP contribution in [0.3, 0.4) is 0 Å². The summed E-state index contributed by atoms with van der Waals surface area (Å²) in [6.45, 7) is 2.88. The van der Waals surface area contributed by atoms with Gasteiger partial charge < -0.3 is 19.9 Å². The highest BCUT2D eigenvalue weighted by molar-refractivity contribution is 8.01. The molecular formula is C19H23N3O3S2. The lowest BCUT2D eigenvalue weighted by molar-refractivity contribution is -0.129. The molecule has 1 N–H and O–H groups in total. The fourth-order valence-electron chi connectivity index (χ4n) is 2.87. The quantitative estimate of drug-likeness (QED) is 0.792. The third kappa shape index (κ3) is 4.39. The van der Waals surface area contributed by atoms with Gasteiger partial charge in [0.1, 0.15) is 11.1 Å². The molecule has 0 spiro atoms. The number of likely N-dealkylation sites (N-methyl/N-ethyl adjacent to an activating group) is 1. The Morgan fingerprint density at radius 1 is 1.30 bits per heavy atom. The Hall–Kier alpha value is -2.19. The summed E-state index contributed by atoms with van der Waals surface area (Å²) in [6, 6.07) is 11.1. The summed E-state index contributed by atoms with van der Waals surface area (Å²) in [5.41, 5.74) is 0.620. The van der Waals surface area contributed by atoms with Crippen molar-refractivity contribution in [2.75, 3.05) is 32.6 Å². The largest absolute Gasteiger partial charge is 0.495 e. The summed E-state index contributed by atoms with van der Waals surface area (Å²) < 4.78 is 5.26. The summed E-state index contributed by atoms with van der Waals surface area (Å²) in [5, 5.41) is 4.83. The van der Waals surface area contributed by atoms with Crippen molar-refractivity contribution in [2.24, 2.45) is 0 Å². The number of thiophene rings is 1. The van der Waals surface area contributed by atoms with Crippen molar-refractivity contribution < 1.29 is 14.3 Å². The van der Waals surface area contributed by atoms with E-state index < -0.39 is 0 Å². The van der Waals surface area contributed by atoms with Crippen LogP contribution in [0.1, 0.15) is 17.2 Å². The van der Waals surface area contributed by atoms with Crippen molar-refractivity contribution in [3.8, 4) is 5.75 Å². The van der Waals surface area contributed by atoms with Crippen LogP contribution < -0.4 is 10.1 Å². The average Bonchev–Trinajstić information content (AvgIpc) is 3.29. The Labute approximate surface area is 167 Å². The van der Waals surface area contributed by atoms with Gasteiger partial charge in [-0.25, -0.2) is 4.79 Å². The first-order chi connectivity index (χ1) is 13.0. The number of para-hydroxylation sites is 2. The number of hydrogen-bond acceptors (Lipinski definition) is 5. The van der Waals surface area contributed by atoms with E-state index in [-0.39, 0.29) is 22.6 Å². The molecule has 2 heterocycles. The van der Waals surface area contributed by atoms with Crippen LogP contribution in [-0.2, 0) is 4.79 Å². The Bertz CT molecular complexity index is 797. The number of carbonyl (C=O) groups is 2. The molecule has 3 rings (SSSR count). The number of urea groups is 1. The Balaban J connectivity index is 1.61. The fourth-order valence-corrected chi connectivity index (χ4v) is 5.13. The molecule has 3 amide bonds. The lowest BCUT2D eigenvalue weighted by atomic mass is 10.3. The van der Waals surface area contributed by atoms with Crippen molar-refractivity contribution in [1.29, 1.82) is 0 Å². The number of nitrogens with zero attached hydrogens (tertiary/aromatic N) is 2. The van der Waals surface area contributed by atoms with Gasteiger partial charge in [0.15, 0.2) is 0 Å². The summed E-state index contributed by atoms with van der Waals surface area (Å²) in [4.78, 5) is 29.7. The molecule has 0 unspecified atom stereocenters. The lowest BCUT2D eigenvalue weighted by Crippen LogP contribution is -2.40. The van der Waals surface area contributed by atoms with E-state index in [4.69, 9.17) is 4.74 Å². The minimum Gasteiger partial charge on any atom is -0.495 e. The van der Waals surface area contributed by atoms with E-state index in [1.807, 2.05) is 35.4 Å². The van der Waals surface area contributed by atoms with Crippen molar-refractivity contribution in [3.05, 3.63) is 46.7 Å². The third-order valence-corrected chi connectivity index (χ3v) is 6.86. The van der Waals surface area contributed by atoms with Gasteiger partial charge in [-0.3, -0.25) is 4.79 Å². The SMILES string of the molecule is COc1ccccc1NC(=O)N(C)CCN1C(=O)[C@@H](C)S[C@@H]1c1cccs1. The molecule has 2 atom stereocenters. The maximum absolute atomic E-state index is 12.5. The van der Waals surface area contributed by atoms with Crippen molar-refractivity contribution >= 4 is 40.7 Å². The number of hydrogen-bond donors (Lipinski definition) is 1. The molecule has 1 fully saturated rings. The predicted octanol–water partition coefficient (Wildman–Crippen LogP) is 3.88. The standard InChI is InChI=1S/C19H23N3O3S2/c1-13-17(23)22(18(27-13)16-9-6-12-26-16)11-10-21(2)19(24)20-14-7-4-5-8-15(14)25-3/h4-9,12-13,18H,10-11H2,1-3H3,(H,20,24)/t13-,18-/m1/s1. The second-order valence-corrected chi connectivity index (χ2v) is 8.63. The number of thioether (sulfide) groups is 1. The van der Waals surface area contributed by atoms with Crippen LogP contribution in [-0.4, -0.2) is 54.2 Å². The molecule has 6 nitrogen and oxygen atoms in total. The van der Waals surface area contributed by atoms with Crippen molar-refractivity contribution in [2.45, 2.75) is 17.5 Å². The first-order valence-electron chi connectivity index (χ1n) is 8.65. The minimum absolute atomic E-state index is 0.0261. The van der Waals surface area contributed by atoms with E-state index in [1.165, 1.54) is 4.88 Å². The zero-order valence-corrected chi connectivity index (χ0v) is 17.2. The molecule has 0 saturated carbocycles. The molecule has 0 bridgehead atoms.